The van der Waals surface area contributed by atoms with Crippen molar-refractivity contribution in [2.24, 2.45) is 0 Å². The molecule has 3 nitrogen and oxygen atoms in total. The molecule has 0 radical (unpaired) electrons. The fourth-order valence-electron chi connectivity index (χ4n) is 1.76. The van der Waals surface area contributed by atoms with Gasteiger partial charge in [0, 0.05) is 29.1 Å². The minimum atomic E-state index is -0.250. The molecule has 2 rings (SSSR count). The minimum absolute atomic E-state index is 0.250. The first-order valence-electron chi connectivity index (χ1n) is 5.89. The van der Waals surface area contributed by atoms with Crippen LogP contribution < -0.4 is 5.32 Å². The summed E-state index contributed by atoms with van der Waals surface area (Å²) in [6.45, 7) is 3.71. The minimum Gasteiger partial charge on any atom is -0.377 e. The van der Waals surface area contributed by atoms with E-state index in [1.807, 2.05) is 6.20 Å². The molecule has 96 valence electrons. The Morgan fingerprint density at radius 2 is 2.28 bits per heavy atom. The quantitative estimate of drug-likeness (QED) is 0.910. The lowest BCUT2D eigenvalue weighted by Crippen LogP contribution is -2.08. The summed E-state index contributed by atoms with van der Waals surface area (Å²) in [6, 6.07) is 4.60. The maximum Gasteiger partial charge on any atom is 0.128 e. The number of rotatable bonds is 5. The molecule has 0 fully saturated rings. The molecule has 0 saturated carbocycles. The van der Waals surface area contributed by atoms with E-state index in [1.54, 1.807) is 12.3 Å². The van der Waals surface area contributed by atoms with Crippen LogP contribution in [-0.4, -0.2) is 9.55 Å². The van der Waals surface area contributed by atoms with Crippen molar-refractivity contribution in [1.29, 1.82) is 0 Å². The van der Waals surface area contributed by atoms with Crippen molar-refractivity contribution in [2.45, 2.75) is 26.4 Å². The number of halogens is 2. The monoisotopic (exact) mass is 311 g/mol. The van der Waals surface area contributed by atoms with Gasteiger partial charge in [0.15, 0.2) is 0 Å². The number of nitrogens with one attached hydrogen (secondary N) is 1. The molecule has 1 N–H and O–H groups in total. The third kappa shape index (κ3) is 3.10. The molecule has 0 aliphatic carbocycles. The van der Waals surface area contributed by atoms with Gasteiger partial charge in [-0.05, 0) is 40.5 Å². The van der Waals surface area contributed by atoms with E-state index in [0.717, 1.165) is 29.0 Å². The summed E-state index contributed by atoms with van der Waals surface area (Å²) in [4.78, 5) is 4.31. The molecule has 0 aliphatic heterocycles. The van der Waals surface area contributed by atoms with E-state index < -0.39 is 0 Å². The lowest BCUT2D eigenvalue weighted by atomic mass is 10.3. The molecule has 1 aromatic carbocycles. The predicted octanol–water partition coefficient (Wildman–Crippen LogP) is 3.81. The smallest absolute Gasteiger partial charge is 0.128 e. The summed E-state index contributed by atoms with van der Waals surface area (Å²) in [5.41, 5.74) is 0.863. The molecule has 0 spiro atoms. The third-order valence-electron chi connectivity index (χ3n) is 2.63. The van der Waals surface area contributed by atoms with Crippen molar-refractivity contribution in [3.05, 3.63) is 46.7 Å². The summed E-state index contributed by atoms with van der Waals surface area (Å²) in [6.07, 6.45) is 4.84. The van der Waals surface area contributed by atoms with Crippen LogP contribution >= 0.6 is 15.9 Å². The molecule has 0 atom stereocenters. The van der Waals surface area contributed by atoms with Gasteiger partial charge in [-0.25, -0.2) is 9.37 Å². The van der Waals surface area contributed by atoms with Crippen LogP contribution in [0.4, 0.5) is 10.1 Å². The van der Waals surface area contributed by atoms with Gasteiger partial charge in [0.05, 0.1) is 6.54 Å². The zero-order valence-electron chi connectivity index (χ0n) is 10.2. The highest BCUT2D eigenvalue weighted by molar-refractivity contribution is 9.10. The van der Waals surface area contributed by atoms with Gasteiger partial charge in [-0.3, -0.25) is 0 Å². The van der Waals surface area contributed by atoms with Gasteiger partial charge in [0.25, 0.3) is 0 Å². The van der Waals surface area contributed by atoms with E-state index in [9.17, 15) is 4.39 Å². The molecule has 0 amide bonds. The Labute approximate surface area is 114 Å². The normalized spacial score (nSPS) is 10.6. The number of hydrogen-bond donors (Lipinski definition) is 1. The molecule has 0 aliphatic rings. The van der Waals surface area contributed by atoms with Gasteiger partial charge < -0.3 is 9.88 Å². The number of nitrogens with zero attached hydrogens (tertiary/aromatic N) is 2. The largest absolute Gasteiger partial charge is 0.377 e. The molecule has 0 saturated heterocycles. The highest BCUT2D eigenvalue weighted by atomic mass is 79.9. The molecule has 18 heavy (non-hydrogen) atoms. The van der Waals surface area contributed by atoms with Crippen molar-refractivity contribution < 1.29 is 4.39 Å². The Balaban J connectivity index is 2.04. The number of benzene rings is 1. The second-order valence-corrected chi connectivity index (χ2v) is 4.87. The van der Waals surface area contributed by atoms with Crippen molar-refractivity contribution in [2.75, 3.05) is 5.32 Å². The topological polar surface area (TPSA) is 29.9 Å². The molecule has 1 heterocycles. The number of imidazole rings is 1. The standard InChI is InChI=1S/C13H15BrFN3/c1-2-6-18-7-5-16-13(18)9-17-12-4-3-10(15)8-11(12)14/h3-5,7-8,17H,2,6,9H2,1H3. The summed E-state index contributed by atoms with van der Waals surface area (Å²) in [5, 5.41) is 3.24. The van der Waals surface area contributed by atoms with Crippen LogP contribution in [0.25, 0.3) is 0 Å². The van der Waals surface area contributed by atoms with Crippen molar-refractivity contribution in [3.8, 4) is 0 Å². The average Bonchev–Trinajstić information content (AvgIpc) is 2.76. The number of anilines is 1. The van der Waals surface area contributed by atoms with Gasteiger partial charge in [-0.1, -0.05) is 6.92 Å². The highest BCUT2D eigenvalue weighted by Crippen LogP contribution is 2.23. The van der Waals surface area contributed by atoms with Crippen LogP contribution in [0.15, 0.2) is 35.1 Å². The Morgan fingerprint density at radius 1 is 1.44 bits per heavy atom. The Kier molecular flexibility index (Phi) is 4.36. The SMILES string of the molecule is CCCn1ccnc1CNc1ccc(F)cc1Br. The molecular formula is C13H15BrFN3. The van der Waals surface area contributed by atoms with Crippen LogP contribution in [0, 0.1) is 5.82 Å². The first kappa shape index (κ1) is 13.1. The fourth-order valence-corrected chi connectivity index (χ4v) is 2.25. The van der Waals surface area contributed by atoms with Crippen LogP contribution in [0.1, 0.15) is 19.2 Å². The van der Waals surface area contributed by atoms with Crippen LogP contribution in [0.2, 0.25) is 0 Å². The molecule has 0 bridgehead atoms. The zero-order valence-corrected chi connectivity index (χ0v) is 11.7. The molecular weight excluding hydrogens is 297 g/mol. The number of aryl methyl sites for hydroxylation is 1. The van der Waals surface area contributed by atoms with Gasteiger partial charge in [0.2, 0.25) is 0 Å². The van der Waals surface area contributed by atoms with E-state index in [2.05, 4.69) is 37.7 Å². The Morgan fingerprint density at radius 3 is 3.00 bits per heavy atom. The van der Waals surface area contributed by atoms with Gasteiger partial charge in [-0.2, -0.15) is 0 Å². The second-order valence-electron chi connectivity index (χ2n) is 4.01. The summed E-state index contributed by atoms with van der Waals surface area (Å²) in [7, 11) is 0. The number of aromatic nitrogens is 2. The third-order valence-corrected chi connectivity index (χ3v) is 3.29. The van der Waals surface area contributed by atoms with E-state index in [4.69, 9.17) is 0 Å². The lowest BCUT2D eigenvalue weighted by molar-refractivity contribution is 0.627. The maximum atomic E-state index is 13.0. The zero-order chi connectivity index (χ0) is 13.0. The Bertz CT molecular complexity index is 525. The maximum absolute atomic E-state index is 13.0. The van der Waals surface area contributed by atoms with E-state index >= 15 is 0 Å². The molecule has 2 aromatic rings. The van der Waals surface area contributed by atoms with Gasteiger partial charge in [-0.15, -0.1) is 0 Å². The molecule has 5 heteroatoms. The summed E-state index contributed by atoms with van der Waals surface area (Å²) < 4.78 is 15.8. The van der Waals surface area contributed by atoms with Crippen LogP contribution in [0.5, 0.6) is 0 Å². The van der Waals surface area contributed by atoms with Crippen molar-refractivity contribution >= 4 is 21.6 Å². The summed E-state index contributed by atoms with van der Waals surface area (Å²) in [5.74, 6) is 0.730. The van der Waals surface area contributed by atoms with Gasteiger partial charge in [0.1, 0.15) is 11.6 Å². The van der Waals surface area contributed by atoms with Crippen molar-refractivity contribution in [1.82, 2.24) is 9.55 Å². The van der Waals surface area contributed by atoms with Crippen LogP contribution in [0.3, 0.4) is 0 Å². The second kappa shape index (κ2) is 6.00. The molecule has 0 unspecified atom stereocenters. The van der Waals surface area contributed by atoms with E-state index in [-0.39, 0.29) is 5.82 Å². The van der Waals surface area contributed by atoms with E-state index in [0.29, 0.717) is 6.54 Å². The highest BCUT2D eigenvalue weighted by Gasteiger charge is 2.04. The fraction of sp³-hybridized carbons (Fsp3) is 0.308. The number of hydrogen-bond acceptors (Lipinski definition) is 2. The lowest BCUT2D eigenvalue weighted by Gasteiger charge is -2.10. The van der Waals surface area contributed by atoms with Crippen LogP contribution in [-0.2, 0) is 13.1 Å². The van der Waals surface area contributed by atoms with Crippen molar-refractivity contribution in [3.63, 3.8) is 0 Å². The Hall–Kier alpha value is -1.36. The van der Waals surface area contributed by atoms with Gasteiger partial charge >= 0.3 is 0 Å². The predicted molar refractivity (Wildman–Crippen MR) is 73.9 cm³/mol. The van der Waals surface area contributed by atoms with E-state index in [1.165, 1.54) is 12.1 Å². The average molecular weight is 312 g/mol. The first-order chi connectivity index (χ1) is 8.70. The first-order valence-corrected chi connectivity index (χ1v) is 6.69. The molecule has 1 aromatic heterocycles. The summed E-state index contributed by atoms with van der Waals surface area (Å²) >= 11 is 3.33.